The van der Waals surface area contributed by atoms with E-state index in [2.05, 4.69) is 28.5 Å². The van der Waals surface area contributed by atoms with Gasteiger partial charge in [-0.3, -0.25) is 4.90 Å². The van der Waals surface area contributed by atoms with Crippen LogP contribution in [-0.4, -0.2) is 48.9 Å². The summed E-state index contributed by atoms with van der Waals surface area (Å²) in [5.41, 5.74) is -0.183. The number of fused-ring (bicyclic) bond motifs is 1. The predicted molar refractivity (Wildman–Crippen MR) is 61.6 cm³/mol. The number of dihydropyridines is 1. The van der Waals surface area contributed by atoms with E-state index in [1.807, 2.05) is 18.4 Å². The maximum atomic E-state index is 5.78. The van der Waals surface area contributed by atoms with Crippen molar-refractivity contribution in [3.63, 3.8) is 0 Å². The lowest BCUT2D eigenvalue weighted by atomic mass is 10.1. The van der Waals surface area contributed by atoms with E-state index < -0.39 is 0 Å². The van der Waals surface area contributed by atoms with Crippen molar-refractivity contribution in [3.05, 3.63) is 24.4 Å². The van der Waals surface area contributed by atoms with Crippen LogP contribution in [-0.2, 0) is 4.74 Å². The van der Waals surface area contributed by atoms with Crippen molar-refractivity contribution in [3.8, 4) is 0 Å². The Bertz CT molecular complexity index is 314. The molecule has 4 heteroatoms. The topological polar surface area (TPSA) is 36.5 Å². The van der Waals surface area contributed by atoms with Gasteiger partial charge >= 0.3 is 0 Å². The highest BCUT2D eigenvalue weighted by Crippen LogP contribution is 2.24. The van der Waals surface area contributed by atoms with E-state index >= 15 is 0 Å². The Morgan fingerprint density at radius 1 is 1.50 bits per heavy atom. The van der Waals surface area contributed by atoms with Crippen LogP contribution in [0.3, 0.4) is 0 Å². The minimum Gasteiger partial charge on any atom is -0.374 e. The first-order valence-corrected chi connectivity index (χ1v) is 5.92. The summed E-state index contributed by atoms with van der Waals surface area (Å²) in [5, 5.41) is 6.88. The first-order chi connectivity index (χ1) is 7.78. The highest BCUT2D eigenvalue weighted by atomic mass is 16.5. The molecule has 3 aliphatic heterocycles. The summed E-state index contributed by atoms with van der Waals surface area (Å²) in [4.78, 5) is 2.39. The second-order valence-electron chi connectivity index (χ2n) is 4.76. The third kappa shape index (κ3) is 1.67. The summed E-state index contributed by atoms with van der Waals surface area (Å²) in [6, 6.07) is 0.472. The Balaban J connectivity index is 1.72. The molecule has 2 fully saturated rings. The lowest BCUT2D eigenvalue weighted by Gasteiger charge is -2.37. The second kappa shape index (κ2) is 3.87. The molecule has 0 aromatic carbocycles. The number of likely N-dealkylation sites (tertiary alicyclic amines) is 1. The molecule has 1 radical (unpaired) electrons. The summed E-state index contributed by atoms with van der Waals surface area (Å²) in [6.45, 7) is 5.94. The van der Waals surface area contributed by atoms with E-state index in [1.165, 1.54) is 0 Å². The van der Waals surface area contributed by atoms with Crippen LogP contribution in [0.2, 0.25) is 0 Å². The summed E-state index contributed by atoms with van der Waals surface area (Å²) in [7, 11) is 0. The standard InChI is InChI=1S/C12H18N3O/c1-12(4-2-3-5-14-12)15-8-10-11(9-15)16-7-6-13-10/h2-3,5,10-11,13-14H,6-9H2,1H3. The molecule has 0 spiro atoms. The van der Waals surface area contributed by atoms with Crippen LogP contribution in [0, 0.1) is 6.08 Å². The molecule has 0 aromatic heterocycles. The van der Waals surface area contributed by atoms with Crippen molar-refractivity contribution in [2.45, 2.75) is 24.7 Å². The molecule has 0 bridgehead atoms. The molecule has 87 valence electrons. The van der Waals surface area contributed by atoms with Crippen LogP contribution >= 0.6 is 0 Å². The van der Waals surface area contributed by atoms with E-state index in [1.54, 1.807) is 0 Å². The number of nitrogens with one attached hydrogen (secondary N) is 2. The number of allylic oxidation sites excluding steroid dienone is 2. The lowest BCUT2D eigenvalue weighted by Crippen LogP contribution is -2.54. The monoisotopic (exact) mass is 220 g/mol. The number of ether oxygens (including phenoxy) is 1. The molecule has 0 aliphatic carbocycles. The van der Waals surface area contributed by atoms with Gasteiger partial charge in [0.2, 0.25) is 0 Å². The minimum absolute atomic E-state index is 0.183. The number of nitrogens with zero attached hydrogens (tertiary/aromatic N) is 1. The van der Waals surface area contributed by atoms with Gasteiger partial charge in [0.1, 0.15) is 5.66 Å². The molecule has 3 aliphatic rings. The van der Waals surface area contributed by atoms with Gasteiger partial charge in [0, 0.05) is 25.7 Å². The summed E-state index contributed by atoms with van der Waals surface area (Å²) >= 11 is 0. The van der Waals surface area contributed by atoms with Gasteiger partial charge in [-0.2, -0.15) is 0 Å². The average molecular weight is 220 g/mol. The molecule has 3 heterocycles. The summed E-state index contributed by atoms with van der Waals surface area (Å²) in [5.74, 6) is 0. The van der Waals surface area contributed by atoms with Crippen molar-refractivity contribution >= 4 is 0 Å². The van der Waals surface area contributed by atoms with Gasteiger partial charge in [0.05, 0.1) is 12.7 Å². The van der Waals surface area contributed by atoms with E-state index in [9.17, 15) is 0 Å². The van der Waals surface area contributed by atoms with E-state index in [0.29, 0.717) is 12.1 Å². The fraction of sp³-hybridized carbons (Fsp3) is 0.667. The molecule has 0 saturated carbocycles. The van der Waals surface area contributed by atoms with Crippen molar-refractivity contribution in [1.82, 2.24) is 15.5 Å². The SMILES string of the molecule is CC1(N2CC3NCCOC3C2)[C]=CC=CN1. The summed E-state index contributed by atoms with van der Waals surface area (Å²) < 4.78 is 5.78. The predicted octanol–water partition coefficient (Wildman–Crippen LogP) is -0.149. The normalized spacial score (nSPS) is 43.1. The van der Waals surface area contributed by atoms with E-state index in [4.69, 9.17) is 4.74 Å². The Kier molecular flexibility index (Phi) is 2.50. The van der Waals surface area contributed by atoms with Gasteiger partial charge in [-0.05, 0) is 25.3 Å². The Hall–Kier alpha value is -0.840. The molecule has 2 N–H and O–H groups in total. The quantitative estimate of drug-likeness (QED) is 0.644. The third-order valence-electron chi connectivity index (χ3n) is 3.66. The fourth-order valence-corrected chi connectivity index (χ4v) is 2.65. The maximum Gasteiger partial charge on any atom is 0.114 e. The molecule has 3 rings (SSSR count). The first kappa shape index (κ1) is 10.3. The van der Waals surface area contributed by atoms with Crippen molar-refractivity contribution in [1.29, 1.82) is 0 Å². The number of morpholine rings is 1. The molecule has 4 nitrogen and oxygen atoms in total. The molecular weight excluding hydrogens is 202 g/mol. The Morgan fingerprint density at radius 2 is 2.44 bits per heavy atom. The van der Waals surface area contributed by atoms with Crippen molar-refractivity contribution in [2.75, 3.05) is 26.2 Å². The molecule has 3 unspecified atom stereocenters. The van der Waals surface area contributed by atoms with Gasteiger partial charge < -0.3 is 15.4 Å². The van der Waals surface area contributed by atoms with Gasteiger partial charge in [-0.1, -0.05) is 6.08 Å². The summed E-state index contributed by atoms with van der Waals surface area (Å²) in [6.07, 6.45) is 9.63. The number of rotatable bonds is 1. The molecule has 2 saturated heterocycles. The zero-order chi connectivity index (χ0) is 11.0. The van der Waals surface area contributed by atoms with Gasteiger partial charge in [-0.15, -0.1) is 0 Å². The van der Waals surface area contributed by atoms with Crippen LogP contribution in [0.15, 0.2) is 18.4 Å². The lowest BCUT2D eigenvalue weighted by molar-refractivity contribution is 0.0137. The minimum atomic E-state index is -0.183. The first-order valence-electron chi connectivity index (χ1n) is 5.92. The van der Waals surface area contributed by atoms with E-state index in [0.717, 1.165) is 26.2 Å². The molecular formula is C12H18N3O. The molecule has 0 aromatic rings. The van der Waals surface area contributed by atoms with Crippen LogP contribution in [0.5, 0.6) is 0 Å². The van der Waals surface area contributed by atoms with E-state index in [-0.39, 0.29) is 5.66 Å². The van der Waals surface area contributed by atoms with Gasteiger partial charge in [0.15, 0.2) is 0 Å². The Labute approximate surface area is 96.3 Å². The highest BCUT2D eigenvalue weighted by molar-refractivity contribution is 5.14. The van der Waals surface area contributed by atoms with Crippen molar-refractivity contribution in [2.24, 2.45) is 0 Å². The second-order valence-corrected chi connectivity index (χ2v) is 4.76. The van der Waals surface area contributed by atoms with Gasteiger partial charge in [-0.25, -0.2) is 0 Å². The molecule has 16 heavy (non-hydrogen) atoms. The fourth-order valence-electron chi connectivity index (χ4n) is 2.65. The number of hydrogen-bond donors (Lipinski definition) is 2. The zero-order valence-corrected chi connectivity index (χ0v) is 9.57. The molecule has 3 atom stereocenters. The van der Waals surface area contributed by atoms with Crippen LogP contribution in [0.1, 0.15) is 6.92 Å². The average Bonchev–Trinajstić information content (AvgIpc) is 2.74. The zero-order valence-electron chi connectivity index (χ0n) is 9.57. The van der Waals surface area contributed by atoms with Crippen LogP contribution in [0.25, 0.3) is 0 Å². The van der Waals surface area contributed by atoms with Gasteiger partial charge in [0.25, 0.3) is 0 Å². The number of hydrogen-bond acceptors (Lipinski definition) is 4. The van der Waals surface area contributed by atoms with Crippen LogP contribution in [0.4, 0.5) is 0 Å². The smallest absolute Gasteiger partial charge is 0.114 e. The van der Waals surface area contributed by atoms with Crippen LogP contribution < -0.4 is 10.6 Å². The Morgan fingerprint density at radius 3 is 3.19 bits per heavy atom. The third-order valence-corrected chi connectivity index (χ3v) is 3.66. The highest BCUT2D eigenvalue weighted by Gasteiger charge is 2.42. The van der Waals surface area contributed by atoms with Crippen molar-refractivity contribution < 1.29 is 4.74 Å². The largest absolute Gasteiger partial charge is 0.374 e. The molecule has 0 amide bonds. The maximum absolute atomic E-state index is 5.78.